The molecule has 0 saturated carbocycles. The van der Waals surface area contributed by atoms with Crippen molar-refractivity contribution in [3.05, 3.63) is 47.5 Å². The Kier molecular flexibility index (Phi) is 4.77. The minimum Gasteiger partial charge on any atom is -0.478 e. The Labute approximate surface area is 134 Å². The summed E-state index contributed by atoms with van der Waals surface area (Å²) in [4.78, 5) is 50.7. The van der Waals surface area contributed by atoms with Crippen molar-refractivity contribution in [2.75, 3.05) is 0 Å². The van der Waals surface area contributed by atoms with Crippen molar-refractivity contribution in [2.45, 2.75) is 0 Å². The fraction of sp³-hybridized carbons (Fsp3) is 0. The second-order valence-electron chi connectivity index (χ2n) is 4.42. The van der Waals surface area contributed by atoms with Gasteiger partial charge in [0.1, 0.15) is 0 Å². The molecule has 0 aliphatic rings. The van der Waals surface area contributed by atoms with Crippen LogP contribution in [-0.2, 0) is 9.59 Å². The summed E-state index contributed by atoms with van der Waals surface area (Å²) in [6.07, 6.45) is 2.51. The van der Waals surface area contributed by atoms with E-state index >= 15 is 0 Å². The van der Waals surface area contributed by atoms with Gasteiger partial charge in [0.15, 0.2) is 0 Å². The molecule has 0 spiro atoms. The molecule has 2 rings (SSSR count). The highest BCUT2D eigenvalue weighted by atomic mass is 16.4. The van der Waals surface area contributed by atoms with E-state index < -0.39 is 11.9 Å². The molecule has 24 heavy (non-hydrogen) atoms. The molecule has 0 radical (unpaired) electrons. The van der Waals surface area contributed by atoms with Crippen LogP contribution in [0.5, 0.6) is 0 Å². The number of carboxylic acid groups (broad SMARTS) is 2. The lowest BCUT2D eigenvalue weighted by atomic mass is 9.93. The molecule has 8 heteroatoms. The Bertz CT molecular complexity index is 860. The minimum atomic E-state index is -1.40. The van der Waals surface area contributed by atoms with Gasteiger partial charge < -0.3 is 10.2 Å². The van der Waals surface area contributed by atoms with Crippen molar-refractivity contribution >= 4 is 35.5 Å². The summed E-state index contributed by atoms with van der Waals surface area (Å²) in [5.74, 6) is -2.81. The highest BCUT2D eigenvalue weighted by molar-refractivity contribution is 6.07. The number of rotatable bonds is 5. The molecule has 0 heterocycles. The minimum absolute atomic E-state index is 0.0133. The number of isocyanates is 2. The maximum absolute atomic E-state index is 11.6. The first-order chi connectivity index (χ1) is 11.5. The molecule has 2 N–H and O–H groups in total. The molecule has 0 amide bonds. The maximum Gasteiger partial charge on any atom is 0.338 e. The normalized spacial score (nSPS) is 9.50. The van der Waals surface area contributed by atoms with Crippen LogP contribution < -0.4 is 0 Å². The highest BCUT2D eigenvalue weighted by Gasteiger charge is 2.23. The number of benzene rings is 2. The number of aromatic carboxylic acids is 2. The summed E-state index contributed by atoms with van der Waals surface area (Å²) in [6, 6.07) is 8.13. The Hall–Kier alpha value is -3.86. The standard InChI is InChI=1S/C16H8N2O6/c19-7-17-11-5-1-3-9(13(11)15(21)22)10-4-2-6-12(18-8-20)14(10)16(23)24/h1-6H,(H,21,22)(H,23,24). The molecule has 0 aromatic heterocycles. The summed E-state index contributed by atoms with van der Waals surface area (Å²) in [5, 5.41) is 18.8. The Morgan fingerprint density at radius 3 is 1.42 bits per heavy atom. The smallest absolute Gasteiger partial charge is 0.338 e. The largest absolute Gasteiger partial charge is 0.478 e. The topological polar surface area (TPSA) is 133 Å². The van der Waals surface area contributed by atoms with Crippen molar-refractivity contribution in [1.29, 1.82) is 0 Å². The van der Waals surface area contributed by atoms with Crippen molar-refractivity contribution in [3.8, 4) is 11.1 Å². The van der Waals surface area contributed by atoms with Gasteiger partial charge in [0.2, 0.25) is 12.2 Å². The molecule has 118 valence electrons. The summed E-state index contributed by atoms with van der Waals surface area (Å²) in [6.45, 7) is 0. The van der Waals surface area contributed by atoms with E-state index in [2.05, 4.69) is 9.98 Å². The summed E-state index contributed by atoms with van der Waals surface area (Å²) >= 11 is 0. The molecule has 0 fully saturated rings. The van der Waals surface area contributed by atoms with Gasteiger partial charge in [-0.15, -0.1) is 0 Å². The first-order valence-electron chi connectivity index (χ1n) is 6.40. The monoisotopic (exact) mass is 324 g/mol. The Morgan fingerprint density at radius 1 is 0.750 bits per heavy atom. The third-order valence-electron chi connectivity index (χ3n) is 3.14. The molecular formula is C16H8N2O6. The zero-order chi connectivity index (χ0) is 17.7. The average Bonchev–Trinajstić information content (AvgIpc) is 2.54. The SMILES string of the molecule is O=C=Nc1cccc(-c2cccc(N=C=O)c2C(=O)O)c1C(=O)O. The van der Waals surface area contributed by atoms with Crippen LogP contribution in [-0.4, -0.2) is 34.3 Å². The van der Waals surface area contributed by atoms with E-state index in [-0.39, 0.29) is 33.6 Å². The van der Waals surface area contributed by atoms with E-state index in [9.17, 15) is 29.4 Å². The van der Waals surface area contributed by atoms with E-state index in [4.69, 9.17) is 0 Å². The number of nitrogens with zero attached hydrogens (tertiary/aromatic N) is 2. The lowest BCUT2D eigenvalue weighted by molar-refractivity contribution is 0.0685. The average molecular weight is 324 g/mol. The predicted molar refractivity (Wildman–Crippen MR) is 81.4 cm³/mol. The van der Waals surface area contributed by atoms with Gasteiger partial charge in [-0.3, -0.25) is 0 Å². The van der Waals surface area contributed by atoms with Crippen molar-refractivity contribution in [2.24, 2.45) is 9.98 Å². The van der Waals surface area contributed by atoms with Gasteiger partial charge in [-0.25, -0.2) is 19.2 Å². The van der Waals surface area contributed by atoms with E-state index in [1.165, 1.54) is 48.6 Å². The second-order valence-corrected chi connectivity index (χ2v) is 4.42. The third kappa shape index (κ3) is 3.00. The Morgan fingerprint density at radius 2 is 1.12 bits per heavy atom. The molecular weight excluding hydrogens is 316 g/mol. The van der Waals surface area contributed by atoms with Gasteiger partial charge in [-0.2, -0.15) is 9.98 Å². The van der Waals surface area contributed by atoms with Crippen LogP contribution in [0.3, 0.4) is 0 Å². The molecule has 0 unspecified atom stereocenters. The summed E-state index contributed by atoms with van der Waals surface area (Å²) < 4.78 is 0. The van der Waals surface area contributed by atoms with Gasteiger partial charge in [-0.1, -0.05) is 24.3 Å². The molecule has 0 bridgehead atoms. The molecule has 8 nitrogen and oxygen atoms in total. The number of carbonyl (C=O) groups is 2. The van der Waals surface area contributed by atoms with Gasteiger partial charge in [0.05, 0.1) is 22.5 Å². The van der Waals surface area contributed by atoms with Crippen LogP contribution in [0, 0.1) is 0 Å². The van der Waals surface area contributed by atoms with E-state index in [0.29, 0.717) is 0 Å². The van der Waals surface area contributed by atoms with E-state index in [0.717, 1.165) is 0 Å². The van der Waals surface area contributed by atoms with Crippen LogP contribution in [0.15, 0.2) is 46.4 Å². The van der Waals surface area contributed by atoms with E-state index in [1.54, 1.807) is 0 Å². The van der Waals surface area contributed by atoms with Crippen molar-refractivity contribution in [1.82, 2.24) is 0 Å². The fourth-order valence-electron chi connectivity index (χ4n) is 2.26. The van der Waals surface area contributed by atoms with Crippen LogP contribution in [0.4, 0.5) is 11.4 Å². The predicted octanol–water partition coefficient (Wildman–Crippen LogP) is 2.68. The zero-order valence-electron chi connectivity index (χ0n) is 11.9. The molecule has 0 atom stereocenters. The Balaban J connectivity index is 2.92. The summed E-state index contributed by atoms with van der Waals surface area (Å²) in [5.41, 5.74) is -1.05. The lowest BCUT2D eigenvalue weighted by Crippen LogP contribution is -2.05. The van der Waals surface area contributed by atoms with Crippen molar-refractivity contribution in [3.63, 3.8) is 0 Å². The van der Waals surface area contributed by atoms with E-state index in [1.807, 2.05) is 0 Å². The number of carbonyl (C=O) groups excluding carboxylic acids is 2. The fourth-order valence-corrected chi connectivity index (χ4v) is 2.26. The molecule has 2 aromatic rings. The lowest BCUT2D eigenvalue weighted by Gasteiger charge is -2.12. The summed E-state index contributed by atoms with van der Waals surface area (Å²) in [7, 11) is 0. The van der Waals surface area contributed by atoms with Crippen molar-refractivity contribution < 1.29 is 29.4 Å². The van der Waals surface area contributed by atoms with Gasteiger partial charge >= 0.3 is 11.9 Å². The number of aliphatic imine (C=N–C) groups is 2. The quantitative estimate of drug-likeness (QED) is 0.641. The second kappa shape index (κ2) is 6.93. The van der Waals surface area contributed by atoms with Crippen LogP contribution in [0.25, 0.3) is 11.1 Å². The first kappa shape index (κ1) is 16.5. The van der Waals surface area contributed by atoms with Crippen LogP contribution in [0.2, 0.25) is 0 Å². The van der Waals surface area contributed by atoms with Crippen LogP contribution >= 0.6 is 0 Å². The molecule has 2 aromatic carbocycles. The zero-order valence-corrected chi connectivity index (χ0v) is 11.9. The molecule has 0 aliphatic heterocycles. The molecule has 0 aliphatic carbocycles. The third-order valence-corrected chi connectivity index (χ3v) is 3.14. The first-order valence-corrected chi connectivity index (χ1v) is 6.40. The molecule has 0 saturated heterocycles. The number of carboxylic acids is 2. The highest BCUT2D eigenvalue weighted by Crippen LogP contribution is 2.36. The van der Waals surface area contributed by atoms with Gasteiger partial charge in [0.25, 0.3) is 0 Å². The number of hydrogen-bond acceptors (Lipinski definition) is 6. The van der Waals surface area contributed by atoms with Gasteiger partial charge in [0, 0.05) is 0 Å². The maximum atomic E-state index is 11.6. The van der Waals surface area contributed by atoms with Gasteiger partial charge in [-0.05, 0) is 23.3 Å². The number of hydrogen-bond donors (Lipinski definition) is 2. The van der Waals surface area contributed by atoms with Crippen LogP contribution in [0.1, 0.15) is 20.7 Å².